The van der Waals surface area contributed by atoms with Crippen LogP contribution in [-0.2, 0) is 0 Å². The van der Waals surface area contributed by atoms with Gasteiger partial charge in [-0.3, -0.25) is 20.2 Å². The number of rotatable bonds is 3. The van der Waals surface area contributed by atoms with Crippen molar-refractivity contribution < 1.29 is 9.85 Å². The Morgan fingerprint density at radius 2 is 1.80 bits per heavy atom. The first-order chi connectivity index (χ1) is 4.59. The van der Waals surface area contributed by atoms with E-state index >= 15 is 0 Å². The third kappa shape index (κ3) is 1.95. The second-order valence-electron chi connectivity index (χ2n) is 1.27. The van der Waals surface area contributed by atoms with Gasteiger partial charge in [-0.15, -0.1) is 0 Å². The molecule has 0 atom stereocenters. The molecular weight excluding hydrogens is 142 g/mol. The number of nitro groups is 2. The minimum absolute atomic E-state index is 0.778. The number of hydrogen-bond acceptors (Lipinski definition) is 5. The molecule has 10 heavy (non-hydrogen) atoms. The summed E-state index contributed by atoms with van der Waals surface area (Å²) in [6, 6.07) is 1.31. The molecule has 0 aromatic rings. The summed E-state index contributed by atoms with van der Waals surface area (Å²) in [7, 11) is 0. The fourth-order valence-corrected chi connectivity index (χ4v) is 0.266. The van der Waals surface area contributed by atoms with Crippen molar-refractivity contribution >= 4 is 0 Å². The van der Waals surface area contributed by atoms with Gasteiger partial charge in [0.05, 0.1) is 6.42 Å². The van der Waals surface area contributed by atoms with Crippen LogP contribution in [0.4, 0.5) is 0 Å². The number of nitrogens with zero attached hydrogens (tertiary/aromatic N) is 3. The monoisotopic (exact) mass is 144 g/mol. The van der Waals surface area contributed by atoms with E-state index in [1.807, 2.05) is 0 Å². The number of nitriles is 1. The maximum absolute atomic E-state index is 9.71. The lowest BCUT2D eigenvalue weighted by Gasteiger charge is -2.05. The average Bonchev–Trinajstić information content (AvgIpc) is 1.81. The van der Waals surface area contributed by atoms with Crippen LogP contribution in [0, 0.1) is 37.7 Å². The molecule has 0 spiro atoms. The minimum atomic E-state index is -1.19. The van der Waals surface area contributed by atoms with Crippen molar-refractivity contribution in [2.24, 2.45) is 0 Å². The van der Waals surface area contributed by atoms with Gasteiger partial charge >= 0.3 is 0 Å². The fraction of sp³-hybridized carbons (Fsp3) is 0.333. The van der Waals surface area contributed by atoms with Gasteiger partial charge in [-0.2, -0.15) is 0 Å². The van der Waals surface area contributed by atoms with Crippen LogP contribution >= 0.6 is 0 Å². The molecule has 0 bridgehead atoms. The van der Waals surface area contributed by atoms with Gasteiger partial charge < -0.3 is 0 Å². The third-order valence-electron chi connectivity index (χ3n) is 0.659. The predicted octanol–water partition coefficient (Wildman–Crippen LogP) is -0.0570. The molecule has 0 amide bonds. The van der Waals surface area contributed by atoms with Gasteiger partial charge in [-0.05, 0) is 9.85 Å². The summed E-state index contributed by atoms with van der Waals surface area (Å²) in [6.07, 6.45) is -1.97. The van der Waals surface area contributed by atoms with E-state index in [0.717, 1.165) is 0 Å². The molecule has 0 fully saturated rings. The molecule has 0 heterocycles. The maximum atomic E-state index is 9.71. The lowest BCUT2D eigenvalue weighted by atomic mass is 10.4. The molecule has 0 aliphatic heterocycles. The van der Waals surface area contributed by atoms with Crippen LogP contribution in [0.25, 0.3) is 0 Å². The molecule has 0 aromatic heterocycles. The number of hydrogen-bond donors (Lipinski definition) is 0. The normalized spacial score (nSPS) is 7.90. The van der Waals surface area contributed by atoms with Crippen molar-refractivity contribution in [1.29, 1.82) is 5.26 Å². The highest BCUT2D eigenvalue weighted by atomic mass is 16.7. The van der Waals surface area contributed by atoms with E-state index in [1.165, 1.54) is 6.07 Å². The van der Waals surface area contributed by atoms with Crippen LogP contribution in [0.5, 0.6) is 0 Å². The van der Waals surface area contributed by atoms with Crippen LogP contribution in [0.2, 0.25) is 0 Å². The molecule has 0 saturated heterocycles. The molecule has 54 valence electrons. The molecule has 0 unspecified atom stereocenters. The third-order valence-corrected chi connectivity index (χ3v) is 0.659. The van der Waals surface area contributed by atoms with Crippen LogP contribution in [-0.4, -0.2) is 9.85 Å². The first-order valence-electron chi connectivity index (χ1n) is 2.11. The summed E-state index contributed by atoms with van der Waals surface area (Å²) in [5, 5.41) is 27.3. The van der Waals surface area contributed by atoms with E-state index in [4.69, 9.17) is 5.26 Å². The first kappa shape index (κ1) is 8.16. The van der Waals surface area contributed by atoms with Gasteiger partial charge in [0.15, 0.2) is 0 Å². The van der Waals surface area contributed by atoms with Crippen LogP contribution < -0.4 is 0 Å². The Bertz CT molecular complexity index is 180. The molecule has 7 nitrogen and oxygen atoms in total. The summed E-state index contributed by atoms with van der Waals surface area (Å²) < 4.78 is 0. The van der Waals surface area contributed by atoms with Gasteiger partial charge in [-0.25, -0.2) is 5.26 Å². The van der Waals surface area contributed by atoms with Crippen molar-refractivity contribution in [3.63, 3.8) is 0 Å². The van der Waals surface area contributed by atoms with E-state index < -0.39 is 22.4 Å². The Morgan fingerprint density at radius 3 is 1.90 bits per heavy atom. The Hall–Kier alpha value is -1.84. The minimum Gasteiger partial charge on any atom is -0.289 e. The lowest BCUT2D eigenvalue weighted by molar-refractivity contribution is -0.670. The van der Waals surface area contributed by atoms with Gasteiger partial charge in [0.25, 0.3) is 6.17 Å². The second-order valence-corrected chi connectivity index (χ2v) is 1.27. The van der Waals surface area contributed by atoms with Crippen molar-refractivity contribution in [3.05, 3.63) is 26.4 Å². The molecule has 7 heteroatoms. The average molecular weight is 144 g/mol. The van der Waals surface area contributed by atoms with Gasteiger partial charge in [-0.1, -0.05) is 0 Å². The topological polar surface area (TPSA) is 110 Å². The summed E-state index contributed by atoms with van der Waals surface area (Å²) in [5.74, 6) is 0. The SMILES string of the molecule is N#CC[C-]([N+](=O)[O-])[N+](=O)[O-]. The molecule has 0 rings (SSSR count). The van der Waals surface area contributed by atoms with E-state index in [1.54, 1.807) is 0 Å². The fourth-order valence-electron chi connectivity index (χ4n) is 0.266. The largest absolute Gasteiger partial charge is 0.289 e. The van der Waals surface area contributed by atoms with Gasteiger partial charge in [0.2, 0.25) is 0 Å². The highest BCUT2D eigenvalue weighted by Gasteiger charge is 2.17. The second kappa shape index (κ2) is 3.24. The van der Waals surface area contributed by atoms with Crippen molar-refractivity contribution in [2.75, 3.05) is 0 Å². The predicted molar refractivity (Wildman–Crippen MR) is 27.5 cm³/mol. The molecule has 0 saturated carbocycles. The molecule has 0 aliphatic rings. The van der Waals surface area contributed by atoms with E-state index in [0.29, 0.717) is 0 Å². The van der Waals surface area contributed by atoms with E-state index in [9.17, 15) is 20.2 Å². The highest BCUT2D eigenvalue weighted by molar-refractivity contribution is 4.79. The zero-order valence-corrected chi connectivity index (χ0v) is 4.68. The summed E-state index contributed by atoms with van der Waals surface area (Å²) in [6.45, 7) is 0. The first-order valence-corrected chi connectivity index (χ1v) is 2.11. The van der Waals surface area contributed by atoms with Crippen molar-refractivity contribution in [1.82, 2.24) is 0 Å². The Balaban J connectivity index is 4.15. The molecule has 0 radical (unpaired) electrons. The van der Waals surface area contributed by atoms with E-state index in [-0.39, 0.29) is 0 Å². The van der Waals surface area contributed by atoms with Crippen LogP contribution in [0.1, 0.15) is 6.42 Å². The lowest BCUT2D eigenvalue weighted by Crippen LogP contribution is -2.18. The van der Waals surface area contributed by atoms with Gasteiger partial charge in [0, 0.05) is 6.07 Å². The maximum Gasteiger partial charge on any atom is 0.277 e. The molecule has 0 N–H and O–H groups in total. The summed E-state index contributed by atoms with van der Waals surface area (Å²) in [5.41, 5.74) is 0. The summed E-state index contributed by atoms with van der Waals surface area (Å²) in [4.78, 5) is 17.1. The smallest absolute Gasteiger partial charge is 0.277 e. The Kier molecular flexibility index (Phi) is 2.64. The Morgan fingerprint density at radius 1 is 1.40 bits per heavy atom. The van der Waals surface area contributed by atoms with Gasteiger partial charge in [0.1, 0.15) is 0 Å². The molecule has 0 aromatic carbocycles. The van der Waals surface area contributed by atoms with E-state index in [2.05, 4.69) is 0 Å². The quantitative estimate of drug-likeness (QED) is 0.313. The van der Waals surface area contributed by atoms with Crippen molar-refractivity contribution in [2.45, 2.75) is 6.42 Å². The highest BCUT2D eigenvalue weighted by Crippen LogP contribution is 2.04. The zero-order chi connectivity index (χ0) is 8.15. The molecular formula is C3H2N3O4-. The standard InChI is InChI=1S/C3H2N3O4/c4-2-1-3(5(7)8)6(9)10/h1H2/q-1. The van der Waals surface area contributed by atoms with Crippen LogP contribution in [0.15, 0.2) is 0 Å². The summed E-state index contributed by atoms with van der Waals surface area (Å²) >= 11 is 0. The van der Waals surface area contributed by atoms with Crippen LogP contribution in [0.3, 0.4) is 0 Å². The Labute approximate surface area is 55.2 Å². The zero-order valence-electron chi connectivity index (χ0n) is 4.68. The van der Waals surface area contributed by atoms with Crippen molar-refractivity contribution in [3.8, 4) is 6.07 Å². The molecule has 0 aliphatic carbocycles.